The molecule has 0 saturated carbocycles. The molecule has 1 aliphatic rings. The van der Waals surface area contributed by atoms with Gasteiger partial charge in [0, 0.05) is 25.6 Å². The van der Waals surface area contributed by atoms with Crippen LogP contribution in [0, 0.1) is 5.82 Å². The lowest BCUT2D eigenvalue weighted by atomic mass is 10.0. The predicted molar refractivity (Wildman–Crippen MR) is 137 cm³/mol. The van der Waals surface area contributed by atoms with Crippen LogP contribution in [0.2, 0.25) is 0 Å². The van der Waals surface area contributed by atoms with E-state index in [0.29, 0.717) is 24.3 Å². The molecule has 1 aromatic heterocycles. The molecule has 1 fully saturated rings. The van der Waals surface area contributed by atoms with Crippen LogP contribution in [-0.2, 0) is 32.7 Å². The van der Waals surface area contributed by atoms with Crippen molar-refractivity contribution >= 4 is 27.8 Å². The maximum Gasteiger partial charge on any atom is 0.414 e. The normalized spacial score (nSPS) is 15.0. The van der Waals surface area contributed by atoms with Crippen LogP contribution in [0.5, 0.6) is 0 Å². The van der Waals surface area contributed by atoms with E-state index in [4.69, 9.17) is 9.29 Å². The Balaban J connectivity index is 0.000000599. The third kappa shape index (κ3) is 8.61. The lowest BCUT2D eigenvalue weighted by Gasteiger charge is -2.15. The van der Waals surface area contributed by atoms with E-state index < -0.39 is 28.1 Å². The van der Waals surface area contributed by atoms with Crippen LogP contribution in [0.25, 0.3) is 11.1 Å². The molecule has 0 spiro atoms. The number of aromatic amines is 1. The number of ether oxygens (including phenoxy) is 1. The first kappa shape index (κ1) is 28.7. The monoisotopic (exact) mass is 548 g/mol. The molecule has 1 saturated heterocycles. The van der Waals surface area contributed by atoms with Gasteiger partial charge in [-0.1, -0.05) is 29.5 Å². The minimum absolute atomic E-state index is 0.201. The van der Waals surface area contributed by atoms with E-state index in [2.05, 4.69) is 26.0 Å². The molecule has 2 aromatic carbocycles. The van der Waals surface area contributed by atoms with Crippen molar-refractivity contribution in [2.75, 3.05) is 23.7 Å². The van der Waals surface area contributed by atoms with E-state index in [1.807, 2.05) is 24.3 Å². The van der Waals surface area contributed by atoms with Crippen LogP contribution in [-0.4, -0.2) is 65.3 Å². The van der Waals surface area contributed by atoms with Crippen molar-refractivity contribution in [3.05, 3.63) is 65.7 Å². The van der Waals surface area contributed by atoms with Crippen LogP contribution in [0.15, 0.2) is 48.7 Å². The molecule has 3 aromatic rings. The fourth-order valence-corrected chi connectivity index (χ4v) is 3.45. The van der Waals surface area contributed by atoms with Gasteiger partial charge in [0.15, 0.2) is 0 Å². The lowest BCUT2D eigenvalue weighted by Crippen LogP contribution is -2.33. The molecule has 4 rings (SSSR count). The SMILES string of the molecule is CC(=O)NC[C@H]1CN(c2ccc(-c3ccc(CNCc4cnn[nH]4)cc3)c(F)c2)C(=O)O1.CCS(=O)(=O)O. The third-order valence-electron chi connectivity index (χ3n) is 5.46. The number of rotatable bonds is 9. The molecule has 1 aliphatic heterocycles. The zero-order chi connectivity index (χ0) is 27.7. The number of benzene rings is 2. The molecule has 0 radical (unpaired) electrons. The van der Waals surface area contributed by atoms with E-state index in [1.54, 1.807) is 18.3 Å². The Morgan fingerprint density at radius 3 is 2.53 bits per heavy atom. The van der Waals surface area contributed by atoms with Gasteiger partial charge < -0.3 is 15.4 Å². The average Bonchev–Trinajstić information content (AvgIpc) is 3.53. The van der Waals surface area contributed by atoms with Crippen molar-refractivity contribution in [2.24, 2.45) is 0 Å². The number of nitrogens with one attached hydrogen (secondary N) is 3. The highest BCUT2D eigenvalue weighted by atomic mass is 32.2. The number of halogens is 1. The standard InChI is InChI=1S/C22H23FN6O3.C2H6O3S/c1-14(30)25-12-19-13-29(22(31)32-19)18-6-7-20(21(23)8-18)16-4-2-15(3-5-16)9-24-10-17-11-26-28-27-17;1-2-6(3,4)5/h2-8,11,19,24H,9-10,12-13H2,1H3,(H,25,30)(H,26,27,28);2H2,1H3,(H,3,4,5)/t19-;/m0./s1. The zero-order valence-corrected chi connectivity index (χ0v) is 21.7. The topological polar surface area (TPSA) is 167 Å². The van der Waals surface area contributed by atoms with Gasteiger partial charge in [-0.05, 0) is 36.2 Å². The average molecular weight is 549 g/mol. The Morgan fingerprint density at radius 1 is 1.24 bits per heavy atom. The number of aromatic nitrogens is 3. The van der Waals surface area contributed by atoms with Crippen LogP contribution in [0.3, 0.4) is 0 Å². The molecule has 1 atom stereocenters. The van der Waals surface area contributed by atoms with E-state index >= 15 is 0 Å². The van der Waals surface area contributed by atoms with Crippen LogP contribution < -0.4 is 15.5 Å². The number of cyclic esters (lactones) is 1. The van der Waals surface area contributed by atoms with Crippen LogP contribution >= 0.6 is 0 Å². The number of carbonyl (C=O) groups is 2. The highest BCUT2D eigenvalue weighted by Gasteiger charge is 2.32. The summed E-state index contributed by atoms with van der Waals surface area (Å²) >= 11 is 0. The summed E-state index contributed by atoms with van der Waals surface area (Å²) in [7, 11) is -3.66. The van der Waals surface area contributed by atoms with Crippen LogP contribution in [0.1, 0.15) is 25.1 Å². The second-order valence-electron chi connectivity index (χ2n) is 8.37. The number of hydrogen-bond donors (Lipinski definition) is 4. The van der Waals surface area contributed by atoms with Crippen molar-refractivity contribution in [3.63, 3.8) is 0 Å². The number of hydrogen-bond acceptors (Lipinski definition) is 8. The Hall–Kier alpha value is -3.88. The first-order valence-electron chi connectivity index (χ1n) is 11.7. The smallest absolute Gasteiger partial charge is 0.414 e. The van der Waals surface area contributed by atoms with E-state index in [-0.39, 0.29) is 24.7 Å². The summed E-state index contributed by atoms with van der Waals surface area (Å²) in [6.45, 7) is 4.50. The third-order valence-corrected chi connectivity index (χ3v) is 6.19. The van der Waals surface area contributed by atoms with E-state index in [0.717, 1.165) is 16.8 Å². The Labute approximate surface area is 219 Å². The number of amides is 2. The van der Waals surface area contributed by atoms with Gasteiger partial charge >= 0.3 is 6.09 Å². The molecule has 14 heteroatoms. The maximum atomic E-state index is 14.9. The Kier molecular flexibility index (Phi) is 9.87. The summed E-state index contributed by atoms with van der Waals surface area (Å²) in [5.41, 5.74) is 3.55. The number of nitrogens with zero attached hydrogens (tertiary/aromatic N) is 3. The van der Waals surface area contributed by atoms with Gasteiger partial charge in [-0.15, -0.1) is 5.10 Å². The molecule has 2 amide bonds. The summed E-state index contributed by atoms with van der Waals surface area (Å²) in [5.74, 6) is -0.836. The summed E-state index contributed by atoms with van der Waals surface area (Å²) in [4.78, 5) is 24.6. The van der Waals surface area contributed by atoms with Crippen molar-refractivity contribution in [3.8, 4) is 11.1 Å². The highest BCUT2D eigenvalue weighted by Crippen LogP contribution is 2.29. The van der Waals surface area contributed by atoms with Gasteiger partial charge in [-0.2, -0.15) is 8.42 Å². The fourth-order valence-electron chi connectivity index (χ4n) is 3.45. The van der Waals surface area contributed by atoms with Gasteiger partial charge in [0.25, 0.3) is 10.1 Å². The lowest BCUT2D eigenvalue weighted by molar-refractivity contribution is -0.119. The summed E-state index contributed by atoms with van der Waals surface area (Å²) < 4.78 is 47.0. The molecular weight excluding hydrogens is 519 g/mol. The van der Waals surface area contributed by atoms with Crippen molar-refractivity contribution in [1.82, 2.24) is 26.0 Å². The summed E-state index contributed by atoms with van der Waals surface area (Å²) in [6, 6.07) is 12.3. The minimum atomic E-state index is -3.66. The quantitative estimate of drug-likeness (QED) is 0.293. The molecular formula is C24H29FN6O6S. The number of carbonyl (C=O) groups excluding carboxylic acids is 2. The molecule has 38 heavy (non-hydrogen) atoms. The first-order valence-corrected chi connectivity index (χ1v) is 13.3. The number of anilines is 1. The highest BCUT2D eigenvalue weighted by molar-refractivity contribution is 7.85. The van der Waals surface area contributed by atoms with E-state index in [9.17, 15) is 22.4 Å². The molecule has 4 N–H and O–H groups in total. The molecule has 12 nitrogen and oxygen atoms in total. The van der Waals surface area contributed by atoms with Crippen molar-refractivity contribution < 1.29 is 31.7 Å². The molecule has 0 bridgehead atoms. The predicted octanol–water partition coefficient (Wildman–Crippen LogP) is 2.26. The zero-order valence-electron chi connectivity index (χ0n) is 20.8. The largest absolute Gasteiger partial charge is 0.442 e. The summed E-state index contributed by atoms with van der Waals surface area (Å²) in [6.07, 6.45) is 0.628. The van der Waals surface area contributed by atoms with Gasteiger partial charge in [0.05, 0.1) is 36.4 Å². The van der Waals surface area contributed by atoms with Gasteiger partial charge in [0.2, 0.25) is 5.91 Å². The van der Waals surface area contributed by atoms with Crippen LogP contribution in [0.4, 0.5) is 14.9 Å². The molecule has 204 valence electrons. The molecule has 0 unspecified atom stereocenters. The van der Waals surface area contributed by atoms with E-state index in [1.165, 1.54) is 24.8 Å². The number of H-pyrrole nitrogens is 1. The summed E-state index contributed by atoms with van der Waals surface area (Å²) in [5, 5.41) is 16.1. The second kappa shape index (κ2) is 13.1. The van der Waals surface area contributed by atoms with Gasteiger partial charge in [-0.3, -0.25) is 19.3 Å². The fraction of sp³-hybridized carbons (Fsp3) is 0.333. The first-order chi connectivity index (χ1) is 18.1. The molecule has 0 aliphatic carbocycles. The van der Waals surface area contributed by atoms with Crippen molar-refractivity contribution in [1.29, 1.82) is 0 Å². The van der Waals surface area contributed by atoms with Crippen molar-refractivity contribution in [2.45, 2.75) is 33.0 Å². The minimum Gasteiger partial charge on any atom is -0.442 e. The Morgan fingerprint density at radius 2 is 1.95 bits per heavy atom. The maximum absolute atomic E-state index is 14.9. The second-order valence-corrected chi connectivity index (χ2v) is 10.1. The Bertz CT molecular complexity index is 1330. The van der Waals surface area contributed by atoms with Gasteiger partial charge in [-0.25, -0.2) is 9.18 Å². The molecule has 2 heterocycles. The van der Waals surface area contributed by atoms with Gasteiger partial charge in [0.1, 0.15) is 11.9 Å².